The van der Waals surface area contributed by atoms with Gasteiger partial charge in [-0.2, -0.15) is 13.2 Å². The SMILES string of the molecule is O=C(Nc1cc(Cn2cc(O)n(-c3ccc(SC(F)(F)F)cc3)c2=O)ccn1)c1cccc(Cl)c1. The molecular formula is C23H16ClF3N4O3S. The Labute approximate surface area is 205 Å². The van der Waals surface area contributed by atoms with Crippen LogP contribution in [0.25, 0.3) is 5.69 Å². The first-order valence-corrected chi connectivity index (χ1v) is 11.2. The van der Waals surface area contributed by atoms with E-state index in [-0.39, 0.29) is 40.6 Å². The van der Waals surface area contributed by atoms with E-state index < -0.39 is 17.1 Å². The Hall–Kier alpha value is -3.70. The molecule has 0 unspecified atom stereocenters. The Morgan fingerprint density at radius 2 is 1.86 bits per heavy atom. The molecule has 0 aliphatic carbocycles. The van der Waals surface area contributed by atoms with Crippen LogP contribution in [-0.2, 0) is 6.54 Å². The van der Waals surface area contributed by atoms with Gasteiger partial charge in [0.2, 0.25) is 5.88 Å². The molecule has 7 nitrogen and oxygen atoms in total. The van der Waals surface area contributed by atoms with Gasteiger partial charge in [-0.25, -0.2) is 14.3 Å². The van der Waals surface area contributed by atoms with E-state index in [4.69, 9.17) is 11.6 Å². The molecule has 0 saturated heterocycles. The number of anilines is 1. The summed E-state index contributed by atoms with van der Waals surface area (Å²) in [5.41, 5.74) is -3.86. The molecule has 0 aliphatic heterocycles. The van der Waals surface area contributed by atoms with Crippen LogP contribution in [0.5, 0.6) is 5.88 Å². The van der Waals surface area contributed by atoms with Crippen molar-refractivity contribution in [2.45, 2.75) is 16.9 Å². The molecule has 0 saturated carbocycles. The summed E-state index contributed by atoms with van der Waals surface area (Å²) in [7, 11) is 0. The lowest BCUT2D eigenvalue weighted by molar-refractivity contribution is -0.0328. The predicted molar refractivity (Wildman–Crippen MR) is 126 cm³/mol. The molecule has 180 valence electrons. The molecule has 0 spiro atoms. The Morgan fingerprint density at radius 1 is 1.11 bits per heavy atom. The minimum Gasteiger partial charge on any atom is -0.493 e. The molecule has 2 N–H and O–H groups in total. The van der Waals surface area contributed by atoms with Gasteiger partial charge in [-0.15, -0.1) is 0 Å². The monoisotopic (exact) mass is 520 g/mol. The van der Waals surface area contributed by atoms with Gasteiger partial charge in [-0.1, -0.05) is 17.7 Å². The van der Waals surface area contributed by atoms with Crippen molar-refractivity contribution in [3.05, 3.63) is 99.7 Å². The van der Waals surface area contributed by atoms with Crippen LogP contribution in [-0.4, -0.2) is 30.6 Å². The summed E-state index contributed by atoms with van der Waals surface area (Å²) in [5.74, 6) is -0.540. The number of thioether (sulfide) groups is 1. The van der Waals surface area contributed by atoms with Crippen molar-refractivity contribution in [3.8, 4) is 11.6 Å². The highest BCUT2D eigenvalue weighted by molar-refractivity contribution is 8.00. The van der Waals surface area contributed by atoms with Gasteiger partial charge in [0.05, 0.1) is 18.4 Å². The molecular weight excluding hydrogens is 505 g/mol. The lowest BCUT2D eigenvalue weighted by atomic mass is 10.2. The number of alkyl halides is 3. The number of imidazole rings is 1. The number of nitrogens with zero attached hydrogens (tertiary/aromatic N) is 3. The normalized spacial score (nSPS) is 11.4. The zero-order chi connectivity index (χ0) is 25.2. The van der Waals surface area contributed by atoms with Crippen molar-refractivity contribution in [2.75, 3.05) is 5.32 Å². The van der Waals surface area contributed by atoms with Crippen molar-refractivity contribution in [1.82, 2.24) is 14.1 Å². The molecule has 2 aromatic heterocycles. The largest absolute Gasteiger partial charge is 0.493 e. The number of amides is 1. The maximum atomic E-state index is 12.9. The minimum atomic E-state index is -4.43. The van der Waals surface area contributed by atoms with Crippen LogP contribution in [0.2, 0.25) is 5.02 Å². The third-order valence-electron chi connectivity index (χ3n) is 4.77. The fourth-order valence-electron chi connectivity index (χ4n) is 3.29. The van der Waals surface area contributed by atoms with Crippen LogP contribution in [0.15, 0.2) is 82.7 Å². The number of pyridine rings is 1. The number of aromatic hydroxyl groups is 1. The van der Waals surface area contributed by atoms with Gasteiger partial charge >= 0.3 is 11.2 Å². The van der Waals surface area contributed by atoms with Gasteiger partial charge in [-0.3, -0.25) is 9.36 Å². The topological polar surface area (TPSA) is 89.2 Å². The second kappa shape index (κ2) is 9.88. The van der Waals surface area contributed by atoms with Crippen molar-refractivity contribution in [2.24, 2.45) is 0 Å². The average Bonchev–Trinajstić information content (AvgIpc) is 3.06. The van der Waals surface area contributed by atoms with Crippen LogP contribution >= 0.6 is 23.4 Å². The third-order valence-corrected chi connectivity index (χ3v) is 5.75. The second-order valence-corrected chi connectivity index (χ2v) is 8.86. The van der Waals surface area contributed by atoms with Crippen LogP contribution in [0.4, 0.5) is 19.0 Å². The first kappa shape index (κ1) is 24.4. The smallest absolute Gasteiger partial charge is 0.446 e. The molecule has 2 heterocycles. The summed E-state index contributed by atoms with van der Waals surface area (Å²) in [6, 6.07) is 14.7. The fourth-order valence-corrected chi connectivity index (χ4v) is 4.02. The molecule has 2 aromatic carbocycles. The summed E-state index contributed by atoms with van der Waals surface area (Å²) in [6.45, 7) is 0.0456. The Kier molecular flexibility index (Phi) is 6.90. The summed E-state index contributed by atoms with van der Waals surface area (Å²) >= 11 is 5.64. The van der Waals surface area contributed by atoms with E-state index >= 15 is 0 Å². The van der Waals surface area contributed by atoms with E-state index in [1.54, 1.807) is 30.3 Å². The van der Waals surface area contributed by atoms with Gasteiger partial charge in [0.15, 0.2) is 0 Å². The van der Waals surface area contributed by atoms with Crippen molar-refractivity contribution < 1.29 is 23.1 Å². The van der Waals surface area contributed by atoms with E-state index in [9.17, 15) is 27.9 Å². The fraction of sp³-hybridized carbons (Fsp3) is 0.0870. The summed E-state index contributed by atoms with van der Waals surface area (Å²) < 4.78 is 39.8. The summed E-state index contributed by atoms with van der Waals surface area (Å²) in [5, 5.41) is 13.4. The lowest BCUT2D eigenvalue weighted by Crippen LogP contribution is -2.23. The molecule has 35 heavy (non-hydrogen) atoms. The maximum Gasteiger partial charge on any atom is 0.446 e. The second-order valence-electron chi connectivity index (χ2n) is 7.29. The number of benzene rings is 2. The molecule has 12 heteroatoms. The van der Waals surface area contributed by atoms with Crippen LogP contribution in [0.1, 0.15) is 15.9 Å². The first-order chi connectivity index (χ1) is 16.6. The molecule has 0 radical (unpaired) electrons. The van der Waals surface area contributed by atoms with E-state index in [1.165, 1.54) is 47.3 Å². The van der Waals surface area contributed by atoms with Gasteiger partial charge < -0.3 is 10.4 Å². The Bertz CT molecular complexity index is 1440. The quantitative estimate of drug-likeness (QED) is 0.337. The highest BCUT2D eigenvalue weighted by atomic mass is 35.5. The van der Waals surface area contributed by atoms with E-state index in [1.807, 2.05) is 0 Å². The number of hydrogen-bond acceptors (Lipinski definition) is 5. The molecule has 0 fully saturated rings. The number of rotatable bonds is 6. The van der Waals surface area contributed by atoms with Gasteiger partial charge in [-0.05, 0) is 71.9 Å². The summed E-state index contributed by atoms with van der Waals surface area (Å²) in [4.78, 5) is 29.4. The predicted octanol–water partition coefficient (Wildman–Crippen LogP) is 5.31. The summed E-state index contributed by atoms with van der Waals surface area (Å²) in [6.07, 6.45) is 2.67. The van der Waals surface area contributed by atoms with Gasteiger partial charge in [0.25, 0.3) is 5.91 Å². The molecule has 0 aliphatic rings. The standard InChI is InChI=1S/C23H16ClF3N4O3S/c24-16-3-1-2-15(11-16)21(33)29-19-10-14(8-9-28-19)12-30-13-20(32)31(22(30)34)17-4-6-18(7-5-17)35-23(25,26)27/h1-11,13,32H,12H2,(H,28,29,33). The minimum absolute atomic E-state index is 0.0441. The number of aromatic nitrogens is 3. The van der Waals surface area contributed by atoms with Crippen molar-refractivity contribution in [1.29, 1.82) is 0 Å². The third kappa shape index (κ3) is 6.06. The molecule has 4 rings (SSSR count). The van der Waals surface area contributed by atoms with E-state index in [0.717, 1.165) is 4.57 Å². The highest BCUT2D eigenvalue weighted by Gasteiger charge is 2.29. The van der Waals surface area contributed by atoms with Crippen molar-refractivity contribution >= 4 is 35.1 Å². The Morgan fingerprint density at radius 3 is 2.54 bits per heavy atom. The van der Waals surface area contributed by atoms with Crippen LogP contribution in [0.3, 0.4) is 0 Å². The molecule has 0 bridgehead atoms. The number of hydrogen-bond donors (Lipinski definition) is 2. The number of carbonyl (C=O) groups excluding carboxylic acids is 1. The van der Waals surface area contributed by atoms with Gasteiger partial charge in [0, 0.05) is 21.7 Å². The number of carbonyl (C=O) groups is 1. The zero-order valence-electron chi connectivity index (χ0n) is 17.7. The molecule has 1 amide bonds. The van der Waals surface area contributed by atoms with Crippen LogP contribution in [0, 0.1) is 0 Å². The maximum absolute atomic E-state index is 12.9. The van der Waals surface area contributed by atoms with E-state index in [0.29, 0.717) is 16.1 Å². The van der Waals surface area contributed by atoms with Crippen LogP contribution < -0.4 is 11.0 Å². The number of halogens is 4. The van der Waals surface area contributed by atoms with Gasteiger partial charge in [0.1, 0.15) is 5.82 Å². The number of nitrogens with one attached hydrogen (secondary N) is 1. The lowest BCUT2D eigenvalue weighted by Gasteiger charge is -2.08. The molecule has 0 atom stereocenters. The molecule has 4 aromatic rings. The Balaban J connectivity index is 1.52. The van der Waals surface area contributed by atoms with Crippen molar-refractivity contribution in [3.63, 3.8) is 0 Å². The van der Waals surface area contributed by atoms with E-state index in [2.05, 4.69) is 10.3 Å². The average molecular weight is 521 g/mol. The first-order valence-electron chi connectivity index (χ1n) is 9.98. The highest BCUT2D eigenvalue weighted by Crippen LogP contribution is 2.37. The zero-order valence-corrected chi connectivity index (χ0v) is 19.2.